The highest BCUT2D eigenvalue weighted by molar-refractivity contribution is 5.76. The average molecular weight is 257 g/mol. The van der Waals surface area contributed by atoms with Gasteiger partial charge < -0.3 is 10.0 Å². The first-order chi connectivity index (χ1) is 9.27. The molecule has 3 heteroatoms. The van der Waals surface area contributed by atoms with Crippen LogP contribution in [0.3, 0.4) is 0 Å². The van der Waals surface area contributed by atoms with Crippen molar-refractivity contribution in [1.82, 2.24) is 4.90 Å². The predicted molar refractivity (Wildman–Crippen MR) is 77.2 cm³/mol. The quantitative estimate of drug-likeness (QED) is 0.758. The predicted octanol–water partition coefficient (Wildman–Crippen LogP) is 1.93. The molecule has 0 unspecified atom stereocenters. The van der Waals surface area contributed by atoms with Crippen LogP contribution in [-0.4, -0.2) is 35.6 Å². The number of carbonyl (C=O) groups excluding carboxylic acids is 1. The van der Waals surface area contributed by atoms with E-state index >= 15 is 0 Å². The molecule has 1 aromatic carbocycles. The topological polar surface area (TPSA) is 40.5 Å². The maximum Gasteiger partial charge on any atom is 0.223 e. The molecule has 1 N–H and O–H groups in total. The number of carbonyl (C=O) groups is 1. The molecule has 0 radical (unpaired) electrons. The molecule has 3 nitrogen and oxygen atoms in total. The molecule has 19 heavy (non-hydrogen) atoms. The number of aliphatic hydroxyl groups is 1. The molecule has 0 aliphatic carbocycles. The normalized spacial score (nSPS) is 10.3. The van der Waals surface area contributed by atoms with Crippen molar-refractivity contribution in [3.8, 4) is 12.3 Å². The van der Waals surface area contributed by atoms with Crippen molar-refractivity contribution >= 4 is 12.0 Å². The van der Waals surface area contributed by atoms with Gasteiger partial charge in [0.05, 0.1) is 6.61 Å². The second-order valence-electron chi connectivity index (χ2n) is 4.08. The summed E-state index contributed by atoms with van der Waals surface area (Å²) < 4.78 is 0. The van der Waals surface area contributed by atoms with E-state index in [1.165, 1.54) is 0 Å². The molecule has 0 bridgehead atoms. The summed E-state index contributed by atoms with van der Waals surface area (Å²) in [5.74, 6) is 2.43. The van der Waals surface area contributed by atoms with Crippen LogP contribution in [0.25, 0.3) is 6.08 Å². The Kier molecular flexibility index (Phi) is 7.08. The van der Waals surface area contributed by atoms with Crippen molar-refractivity contribution < 1.29 is 9.90 Å². The molecule has 0 aliphatic rings. The lowest BCUT2D eigenvalue weighted by Crippen LogP contribution is -2.33. The molecule has 100 valence electrons. The zero-order valence-electron chi connectivity index (χ0n) is 11.0. The van der Waals surface area contributed by atoms with E-state index in [0.29, 0.717) is 25.9 Å². The van der Waals surface area contributed by atoms with Crippen LogP contribution in [0, 0.1) is 12.3 Å². The van der Waals surface area contributed by atoms with E-state index in [9.17, 15) is 4.79 Å². The molecule has 1 amide bonds. The van der Waals surface area contributed by atoms with Gasteiger partial charge in [-0.15, -0.1) is 12.3 Å². The second kappa shape index (κ2) is 8.96. The lowest BCUT2D eigenvalue weighted by Gasteiger charge is -2.19. The van der Waals surface area contributed by atoms with Crippen LogP contribution in [0.15, 0.2) is 36.4 Å². The number of hydrogen-bond acceptors (Lipinski definition) is 2. The lowest BCUT2D eigenvalue weighted by molar-refractivity contribution is -0.131. The Hall–Kier alpha value is -2.05. The van der Waals surface area contributed by atoms with E-state index < -0.39 is 0 Å². The molecule has 0 saturated heterocycles. The summed E-state index contributed by atoms with van der Waals surface area (Å²) in [6, 6.07) is 9.87. The summed E-state index contributed by atoms with van der Waals surface area (Å²) in [7, 11) is 0. The summed E-state index contributed by atoms with van der Waals surface area (Å²) in [6.07, 6.45) is 9.78. The summed E-state index contributed by atoms with van der Waals surface area (Å²) in [4.78, 5) is 13.4. The molecule has 0 heterocycles. The van der Waals surface area contributed by atoms with Gasteiger partial charge in [0.15, 0.2) is 0 Å². The van der Waals surface area contributed by atoms with Gasteiger partial charge in [0.25, 0.3) is 0 Å². The maximum atomic E-state index is 11.8. The highest BCUT2D eigenvalue weighted by atomic mass is 16.3. The number of rotatable bonds is 7. The van der Waals surface area contributed by atoms with E-state index in [-0.39, 0.29) is 12.5 Å². The van der Waals surface area contributed by atoms with Crippen molar-refractivity contribution in [2.75, 3.05) is 19.7 Å². The fourth-order valence-electron chi connectivity index (χ4n) is 1.66. The molecular weight excluding hydrogens is 238 g/mol. The average Bonchev–Trinajstić information content (AvgIpc) is 2.45. The van der Waals surface area contributed by atoms with Crippen molar-refractivity contribution in [3.05, 3.63) is 42.0 Å². The third kappa shape index (κ3) is 5.89. The Labute approximate surface area is 114 Å². The number of hydrogen-bond donors (Lipinski definition) is 1. The van der Waals surface area contributed by atoms with Crippen molar-refractivity contribution in [1.29, 1.82) is 0 Å². The molecule has 0 fully saturated rings. The number of terminal acetylenes is 1. The minimum absolute atomic E-state index is 0.0234. The third-order valence-electron chi connectivity index (χ3n) is 2.64. The first-order valence-electron chi connectivity index (χ1n) is 6.31. The summed E-state index contributed by atoms with van der Waals surface area (Å²) in [5.41, 5.74) is 1.09. The zero-order chi connectivity index (χ0) is 13.9. The highest BCUT2D eigenvalue weighted by Crippen LogP contribution is 2.03. The van der Waals surface area contributed by atoms with Crippen LogP contribution in [0.5, 0.6) is 0 Å². The largest absolute Gasteiger partial charge is 0.395 e. The molecule has 1 aromatic rings. The van der Waals surface area contributed by atoms with Crippen molar-refractivity contribution in [3.63, 3.8) is 0 Å². The first kappa shape index (κ1) is 15.0. The molecular formula is C16H19NO2. The molecule has 0 atom stereocenters. The molecule has 1 rings (SSSR count). The van der Waals surface area contributed by atoms with Gasteiger partial charge in [0.1, 0.15) is 0 Å². The Morgan fingerprint density at radius 2 is 2.11 bits per heavy atom. The Bertz CT molecular complexity index is 446. The lowest BCUT2D eigenvalue weighted by atomic mass is 10.2. The zero-order valence-corrected chi connectivity index (χ0v) is 11.0. The smallest absolute Gasteiger partial charge is 0.223 e. The first-order valence-corrected chi connectivity index (χ1v) is 6.31. The van der Waals surface area contributed by atoms with Gasteiger partial charge in [0.2, 0.25) is 5.91 Å². The molecule has 0 saturated carbocycles. The summed E-state index contributed by atoms with van der Waals surface area (Å²) in [6.45, 7) is 0.780. The molecule has 0 aliphatic heterocycles. The van der Waals surface area contributed by atoms with Gasteiger partial charge in [-0.25, -0.2) is 0 Å². The van der Waals surface area contributed by atoms with Gasteiger partial charge in [-0.3, -0.25) is 4.79 Å². The fourth-order valence-corrected chi connectivity index (χ4v) is 1.66. The fraction of sp³-hybridized carbons (Fsp3) is 0.312. The second-order valence-corrected chi connectivity index (χ2v) is 4.08. The van der Waals surface area contributed by atoms with E-state index in [1.54, 1.807) is 4.90 Å². The van der Waals surface area contributed by atoms with Gasteiger partial charge >= 0.3 is 0 Å². The van der Waals surface area contributed by atoms with E-state index in [0.717, 1.165) is 5.56 Å². The minimum atomic E-state index is -0.0407. The standard InChI is InChI=1S/C16H19NO2/c1-2-3-11-16(19)17(13-14-18)12-7-10-15-8-5-4-6-9-15/h1,4-10,18H,3,11-14H2. The minimum Gasteiger partial charge on any atom is -0.395 e. The van der Waals surface area contributed by atoms with Crippen LogP contribution in [0.1, 0.15) is 18.4 Å². The number of aliphatic hydroxyl groups excluding tert-OH is 1. The molecule has 0 spiro atoms. The summed E-state index contributed by atoms with van der Waals surface area (Å²) in [5, 5.41) is 8.97. The van der Waals surface area contributed by atoms with Gasteiger partial charge in [-0.1, -0.05) is 42.5 Å². The Morgan fingerprint density at radius 1 is 1.37 bits per heavy atom. The third-order valence-corrected chi connectivity index (χ3v) is 2.64. The number of nitrogens with zero attached hydrogens (tertiary/aromatic N) is 1. The Balaban J connectivity index is 2.52. The van der Waals surface area contributed by atoms with E-state index in [4.69, 9.17) is 11.5 Å². The van der Waals surface area contributed by atoms with Crippen LogP contribution in [0.4, 0.5) is 0 Å². The number of amides is 1. The van der Waals surface area contributed by atoms with Gasteiger partial charge in [-0.05, 0) is 5.56 Å². The van der Waals surface area contributed by atoms with Crippen LogP contribution < -0.4 is 0 Å². The monoisotopic (exact) mass is 257 g/mol. The van der Waals surface area contributed by atoms with Crippen molar-refractivity contribution in [2.24, 2.45) is 0 Å². The van der Waals surface area contributed by atoms with Gasteiger partial charge in [0, 0.05) is 25.9 Å². The maximum absolute atomic E-state index is 11.8. The number of benzene rings is 1. The van der Waals surface area contributed by atoms with Gasteiger partial charge in [-0.2, -0.15) is 0 Å². The molecule has 0 aromatic heterocycles. The van der Waals surface area contributed by atoms with Crippen LogP contribution in [-0.2, 0) is 4.79 Å². The SMILES string of the molecule is C#CCCC(=O)N(CC=Cc1ccccc1)CCO. The van der Waals surface area contributed by atoms with E-state index in [2.05, 4.69) is 5.92 Å². The highest BCUT2D eigenvalue weighted by Gasteiger charge is 2.10. The summed E-state index contributed by atoms with van der Waals surface area (Å²) >= 11 is 0. The van der Waals surface area contributed by atoms with Crippen LogP contribution in [0.2, 0.25) is 0 Å². The Morgan fingerprint density at radius 3 is 2.74 bits per heavy atom. The van der Waals surface area contributed by atoms with Crippen molar-refractivity contribution in [2.45, 2.75) is 12.8 Å². The van der Waals surface area contributed by atoms with E-state index in [1.807, 2.05) is 42.5 Å². The van der Waals surface area contributed by atoms with Crippen LogP contribution >= 0.6 is 0 Å².